The Balaban J connectivity index is 1.88. The van der Waals surface area contributed by atoms with Crippen molar-refractivity contribution in [1.29, 1.82) is 0 Å². The number of carbonyl (C=O) groups excluding carboxylic acids is 2. The van der Waals surface area contributed by atoms with E-state index >= 15 is 0 Å². The minimum absolute atomic E-state index is 0.316. The number of halogens is 1. The van der Waals surface area contributed by atoms with Crippen molar-refractivity contribution in [2.75, 3.05) is 4.90 Å². The predicted molar refractivity (Wildman–Crippen MR) is 97.2 cm³/mol. The van der Waals surface area contributed by atoms with Crippen molar-refractivity contribution >= 4 is 40.5 Å². The largest absolute Gasteiger partial charge is 0.432 e. The Labute approximate surface area is 153 Å². The van der Waals surface area contributed by atoms with Gasteiger partial charge in [0.1, 0.15) is 0 Å². The van der Waals surface area contributed by atoms with Gasteiger partial charge in [0.25, 0.3) is 5.91 Å². The lowest BCUT2D eigenvalue weighted by Crippen LogP contribution is -2.41. The monoisotopic (exact) mass is 369 g/mol. The van der Waals surface area contributed by atoms with Gasteiger partial charge in [-0.1, -0.05) is 41.9 Å². The van der Waals surface area contributed by atoms with Crippen LogP contribution in [0.25, 0.3) is 0 Å². The first-order valence-corrected chi connectivity index (χ1v) is 8.84. The van der Waals surface area contributed by atoms with Gasteiger partial charge in [-0.15, -0.1) is 11.3 Å². The third kappa shape index (κ3) is 2.71. The van der Waals surface area contributed by atoms with E-state index in [4.69, 9.17) is 16.3 Å². The molecule has 6 heteroatoms. The van der Waals surface area contributed by atoms with E-state index in [0.29, 0.717) is 21.8 Å². The second-order valence-electron chi connectivity index (χ2n) is 5.45. The highest BCUT2D eigenvalue weighted by Crippen LogP contribution is 2.39. The van der Waals surface area contributed by atoms with Crippen LogP contribution in [0.4, 0.5) is 5.69 Å². The normalized spacial score (nSPS) is 16.3. The van der Waals surface area contributed by atoms with Crippen molar-refractivity contribution in [3.8, 4) is 0 Å². The van der Waals surface area contributed by atoms with Gasteiger partial charge in [0.15, 0.2) is 0 Å². The molecule has 1 aromatic heterocycles. The Morgan fingerprint density at radius 2 is 1.80 bits per heavy atom. The fourth-order valence-corrected chi connectivity index (χ4v) is 3.76. The molecule has 0 saturated heterocycles. The van der Waals surface area contributed by atoms with Crippen LogP contribution >= 0.6 is 22.9 Å². The van der Waals surface area contributed by atoms with Crippen LogP contribution in [0.5, 0.6) is 0 Å². The number of hydrogen-bond donors (Lipinski definition) is 0. The molecule has 0 spiro atoms. The van der Waals surface area contributed by atoms with E-state index in [1.165, 1.54) is 16.2 Å². The van der Waals surface area contributed by atoms with Gasteiger partial charge in [0, 0.05) is 0 Å². The summed E-state index contributed by atoms with van der Waals surface area (Å²) in [7, 11) is 0. The van der Waals surface area contributed by atoms with Gasteiger partial charge in [-0.05, 0) is 35.7 Å². The molecular formula is C19H12ClNO3S. The summed E-state index contributed by atoms with van der Waals surface area (Å²) >= 11 is 7.64. The minimum atomic E-state index is -0.814. The molecule has 4 nitrogen and oxygen atoms in total. The van der Waals surface area contributed by atoms with Gasteiger partial charge in [0.05, 0.1) is 26.7 Å². The number of carbonyl (C=O) groups is 2. The molecule has 124 valence electrons. The van der Waals surface area contributed by atoms with Crippen LogP contribution in [0, 0.1) is 0 Å². The van der Waals surface area contributed by atoms with Crippen molar-refractivity contribution < 1.29 is 14.3 Å². The number of amides is 1. The topological polar surface area (TPSA) is 46.6 Å². The lowest BCUT2D eigenvalue weighted by molar-refractivity contribution is 0.0257. The number of thiophene rings is 1. The predicted octanol–water partition coefficient (Wildman–Crippen LogP) is 4.92. The molecule has 1 aliphatic rings. The second kappa shape index (κ2) is 6.35. The number of benzene rings is 2. The molecule has 0 fully saturated rings. The van der Waals surface area contributed by atoms with Crippen molar-refractivity contribution in [3.63, 3.8) is 0 Å². The van der Waals surface area contributed by atoms with Crippen molar-refractivity contribution in [2.24, 2.45) is 0 Å². The molecule has 25 heavy (non-hydrogen) atoms. The van der Waals surface area contributed by atoms with Gasteiger partial charge in [-0.25, -0.2) is 4.79 Å². The van der Waals surface area contributed by atoms with Crippen molar-refractivity contribution in [3.05, 3.63) is 87.1 Å². The van der Waals surface area contributed by atoms with Crippen LogP contribution in [-0.2, 0) is 4.74 Å². The SMILES string of the molecule is O=C1OC(c2cccs2)N(C(=O)c2ccccc2Cl)c2ccccc21. The van der Waals surface area contributed by atoms with Gasteiger partial charge >= 0.3 is 5.97 Å². The van der Waals surface area contributed by atoms with E-state index < -0.39 is 12.2 Å². The third-order valence-electron chi connectivity index (χ3n) is 3.95. The second-order valence-corrected chi connectivity index (χ2v) is 6.83. The van der Waals surface area contributed by atoms with E-state index in [1.54, 1.807) is 48.5 Å². The summed E-state index contributed by atoms with van der Waals surface area (Å²) in [6.07, 6.45) is -0.814. The highest BCUT2D eigenvalue weighted by atomic mass is 35.5. The van der Waals surface area contributed by atoms with E-state index in [2.05, 4.69) is 0 Å². The average Bonchev–Trinajstić information content (AvgIpc) is 3.16. The summed E-state index contributed by atoms with van der Waals surface area (Å²) < 4.78 is 5.59. The molecule has 0 saturated carbocycles. The molecule has 1 unspecified atom stereocenters. The number of rotatable bonds is 2. The van der Waals surface area contributed by atoms with E-state index in [-0.39, 0.29) is 5.91 Å². The Kier molecular flexibility index (Phi) is 4.03. The molecule has 0 bridgehead atoms. The Bertz CT molecular complexity index is 955. The van der Waals surface area contributed by atoms with E-state index in [9.17, 15) is 9.59 Å². The minimum Gasteiger partial charge on any atom is -0.432 e. The van der Waals surface area contributed by atoms with Gasteiger partial charge in [-0.3, -0.25) is 9.69 Å². The maximum Gasteiger partial charge on any atom is 0.342 e. The Morgan fingerprint density at radius 3 is 2.56 bits per heavy atom. The molecule has 2 heterocycles. The molecule has 0 N–H and O–H groups in total. The first-order chi connectivity index (χ1) is 12.2. The van der Waals surface area contributed by atoms with Crippen LogP contribution in [0.15, 0.2) is 66.0 Å². The number of cyclic esters (lactones) is 1. The molecule has 4 rings (SSSR count). The van der Waals surface area contributed by atoms with E-state index in [0.717, 1.165) is 4.88 Å². The lowest BCUT2D eigenvalue weighted by Gasteiger charge is -2.35. The number of anilines is 1. The summed E-state index contributed by atoms with van der Waals surface area (Å²) in [4.78, 5) is 27.9. The zero-order valence-corrected chi connectivity index (χ0v) is 14.5. The smallest absolute Gasteiger partial charge is 0.342 e. The summed E-state index contributed by atoms with van der Waals surface area (Å²) in [5.74, 6) is -0.763. The van der Waals surface area contributed by atoms with Gasteiger partial charge in [-0.2, -0.15) is 0 Å². The highest BCUT2D eigenvalue weighted by Gasteiger charge is 2.38. The average molecular weight is 370 g/mol. The van der Waals surface area contributed by atoms with Crippen LogP contribution in [0.3, 0.4) is 0 Å². The summed E-state index contributed by atoms with van der Waals surface area (Å²) in [6, 6.07) is 17.4. The summed E-state index contributed by atoms with van der Waals surface area (Å²) in [5, 5.41) is 2.23. The molecule has 1 atom stereocenters. The molecule has 0 radical (unpaired) electrons. The number of hydrogen-bond acceptors (Lipinski definition) is 4. The van der Waals surface area contributed by atoms with Crippen LogP contribution in [0.2, 0.25) is 5.02 Å². The Morgan fingerprint density at radius 1 is 1.04 bits per heavy atom. The zero-order chi connectivity index (χ0) is 17.4. The first-order valence-electron chi connectivity index (χ1n) is 7.58. The van der Waals surface area contributed by atoms with Crippen LogP contribution in [-0.4, -0.2) is 11.9 Å². The standard InChI is InChI=1S/C19H12ClNO3S/c20-14-8-3-1-6-12(14)17(22)21-15-9-4-2-7-13(15)19(23)24-18(21)16-10-5-11-25-16/h1-11,18H. The third-order valence-corrected chi connectivity index (χ3v) is 5.18. The van der Waals surface area contributed by atoms with Crippen molar-refractivity contribution in [2.45, 2.75) is 6.23 Å². The zero-order valence-electron chi connectivity index (χ0n) is 12.9. The maximum atomic E-state index is 13.3. The molecular weight excluding hydrogens is 358 g/mol. The Hall–Kier alpha value is -2.63. The van der Waals surface area contributed by atoms with Gasteiger partial charge < -0.3 is 4.74 Å². The molecule has 1 aliphatic heterocycles. The van der Waals surface area contributed by atoms with Crippen LogP contribution in [0.1, 0.15) is 31.8 Å². The summed E-state index contributed by atoms with van der Waals surface area (Å²) in [6.45, 7) is 0. The highest BCUT2D eigenvalue weighted by molar-refractivity contribution is 7.10. The maximum absolute atomic E-state index is 13.3. The number of esters is 1. The lowest BCUT2D eigenvalue weighted by atomic mass is 10.1. The first kappa shape index (κ1) is 15.9. The fraction of sp³-hybridized carbons (Fsp3) is 0.0526. The van der Waals surface area contributed by atoms with Gasteiger partial charge in [0.2, 0.25) is 6.23 Å². The van der Waals surface area contributed by atoms with E-state index in [1.807, 2.05) is 17.5 Å². The number of ether oxygens (including phenoxy) is 1. The molecule has 0 aliphatic carbocycles. The van der Waals surface area contributed by atoms with Crippen LogP contribution < -0.4 is 4.90 Å². The number of fused-ring (bicyclic) bond motifs is 1. The number of para-hydroxylation sites is 1. The molecule has 2 aromatic carbocycles. The fourth-order valence-electron chi connectivity index (χ4n) is 2.80. The molecule has 1 amide bonds. The molecule has 3 aromatic rings. The van der Waals surface area contributed by atoms with Crippen molar-refractivity contribution in [1.82, 2.24) is 0 Å². The number of nitrogens with zero attached hydrogens (tertiary/aromatic N) is 1. The quantitative estimate of drug-likeness (QED) is 0.602. The summed E-state index contributed by atoms with van der Waals surface area (Å²) in [5.41, 5.74) is 1.23.